The second kappa shape index (κ2) is 8.90. The van der Waals surface area contributed by atoms with Gasteiger partial charge in [0.2, 0.25) is 0 Å². The molecule has 4 nitrogen and oxygen atoms in total. The van der Waals surface area contributed by atoms with Crippen molar-refractivity contribution in [3.8, 4) is 11.5 Å². The molecule has 2 aromatic carbocycles. The average molecular weight is 406 g/mol. The van der Waals surface area contributed by atoms with Crippen molar-refractivity contribution in [2.45, 2.75) is 33.8 Å². The molecule has 0 fully saturated rings. The fraction of sp³-hybridized carbons (Fsp3) is 0.350. The van der Waals surface area contributed by atoms with Crippen LogP contribution in [0, 0.1) is 5.92 Å². The standard InChI is InChI=1S/C20H24BrNO3/c1-13(2)12-24-19-10-5-15(21)11-18(19)20(23)22-16-6-8-17(9-7-16)25-14(3)4/h5-11,13-14H,12H2,1-4H3,(H,22,23). The zero-order valence-corrected chi connectivity index (χ0v) is 16.6. The number of ether oxygens (including phenoxy) is 2. The second-order valence-electron chi connectivity index (χ2n) is 6.49. The van der Waals surface area contributed by atoms with E-state index in [1.165, 1.54) is 0 Å². The van der Waals surface area contributed by atoms with E-state index in [0.717, 1.165) is 10.2 Å². The highest BCUT2D eigenvalue weighted by atomic mass is 79.9. The molecule has 0 aromatic heterocycles. The lowest BCUT2D eigenvalue weighted by molar-refractivity contribution is 0.102. The summed E-state index contributed by atoms with van der Waals surface area (Å²) in [7, 11) is 0. The normalized spacial score (nSPS) is 10.8. The Bertz CT molecular complexity index is 711. The number of hydrogen-bond acceptors (Lipinski definition) is 3. The second-order valence-corrected chi connectivity index (χ2v) is 7.41. The maximum absolute atomic E-state index is 12.7. The van der Waals surface area contributed by atoms with E-state index in [9.17, 15) is 4.79 Å². The van der Waals surface area contributed by atoms with Crippen LogP contribution in [0.1, 0.15) is 38.1 Å². The molecule has 0 heterocycles. The third-order valence-electron chi connectivity index (χ3n) is 3.24. The highest BCUT2D eigenvalue weighted by molar-refractivity contribution is 9.10. The third kappa shape index (κ3) is 6.09. The monoisotopic (exact) mass is 405 g/mol. The van der Waals surface area contributed by atoms with Crippen molar-refractivity contribution in [3.05, 3.63) is 52.5 Å². The first-order valence-electron chi connectivity index (χ1n) is 8.35. The summed E-state index contributed by atoms with van der Waals surface area (Å²) in [6.45, 7) is 8.64. The van der Waals surface area contributed by atoms with Crippen LogP contribution in [-0.2, 0) is 0 Å². The molecule has 0 aliphatic heterocycles. The minimum absolute atomic E-state index is 0.114. The largest absolute Gasteiger partial charge is 0.492 e. The van der Waals surface area contributed by atoms with Gasteiger partial charge in [-0.3, -0.25) is 4.79 Å². The van der Waals surface area contributed by atoms with Gasteiger partial charge in [-0.15, -0.1) is 0 Å². The molecule has 0 atom stereocenters. The molecule has 2 aromatic rings. The van der Waals surface area contributed by atoms with Gasteiger partial charge in [-0.2, -0.15) is 0 Å². The number of nitrogens with one attached hydrogen (secondary N) is 1. The van der Waals surface area contributed by atoms with Crippen LogP contribution in [-0.4, -0.2) is 18.6 Å². The van der Waals surface area contributed by atoms with E-state index < -0.39 is 0 Å². The Kier molecular flexibility index (Phi) is 6.88. The summed E-state index contributed by atoms with van der Waals surface area (Å²) in [6.07, 6.45) is 0.114. The summed E-state index contributed by atoms with van der Waals surface area (Å²) in [6, 6.07) is 12.8. The van der Waals surface area contributed by atoms with Gasteiger partial charge in [-0.25, -0.2) is 0 Å². The molecule has 0 spiro atoms. The van der Waals surface area contributed by atoms with E-state index in [0.29, 0.717) is 29.5 Å². The number of amides is 1. The van der Waals surface area contributed by atoms with Gasteiger partial charge < -0.3 is 14.8 Å². The lowest BCUT2D eigenvalue weighted by atomic mass is 10.1. The number of carbonyl (C=O) groups is 1. The zero-order chi connectivity index (χ0) is 18.4. The lowest BCUT2D eigenvalue weighted by Crippen LogP contribution is -2.15. The first-order chi connectivity index (χ1) is 11.8. The van der Waals surface area contributed by atoms with Gasteiger partial charge in [0.05, 0.1) is 18.3 Å². The smallest absolute Gasteiger partial charge is 0.259 e. The molecular formula is C20H24BrNO3. The van der Waals surface area contributed by atoms with E-state index >= 15 is 0 Å². The molecule has 2 rings (SSSR count). The summed E-state index contributed by atoms with van der Waals surface area (Å²) in [5, 5.41) is 2.90. The molecule has 5 heteroatoms. The summed E-state index contributed by atoms with van der Waals surface area (Å²) < 4.78 is 12.2. The van der Waals surface area contributed by atoms with Gasteiger partial charge in [-0.1, -0.05) is 29.8 Å². The van der Waals surface area contributed by atoms with Crippen LogP contribution in [0.15, 0.2) is 46.9 Å². The Labute approximate surface area is 157 Å². The maximum atomic E-state index is 12.7. The highest BCUT2D eigenvalue weighted by Crippen LogP contribution is 2.25. The summed E-state index contributed by atoms with van der Waals surface area (Å²) in [4.78, 5) is 12.7. The molecule has 1 amide bonds. The van der Waals surface area contributed by atoms with Crippen LogP contribution in [0.5, 0.6) is 11.5 Å². The average Bonchev–Trinajstić information content (AvgIpc) is 2.54. The van der Waals surface area contributed by atoms with Crippen LogP contribution in [0.2, 0.25) is 0 Å². The molecule has 0 aliphatic rings. The quantitative estimate of drug-likeness (QED) is 0.658. The van der Waals surface area contributed by atoms with Gasteiger partial charge >= 0.3 is 0 Å². The summed E-state index contributed by atoms with van der Waals surface area (Å²) in [5.41, 5.74) is 1.20. The van der Waals surface area contributed by atoms with E-state index in [2.05, 4.69) is 35.1 Å². The summed E-state index contributed by atoms with van der Waals surface area (Å²) >= 11 is 3.41. The first-order valence-corrected chi connectivity index (χ1v) is 9.15. The number of hydrogen-bond donors (Lipinski definition) is 1. The van der Waals surface area contributed by atoms with E-state index in [-0.39, 0.29) is 12.0 Å². The van der Waals surface area contributed by atoms with Crippen LogP contribution in [0.4, 0.5) is 5.69 Å². The molecular weight excluding hydrogens is 382 g/mol. The van der Waals surface area contributed by atoms with Gasteiger partial charge in [0.1, 0.15) is 11.5 Å². The van der Waals surface area contributed by atoms with Crippen LogP contribution in [0.25, 0.3) is 0 Å². The molecule has 25 heavy (non-hydrogen) atoms. The molecule has 1 N–H and O–H groups in total. The van der Waals surface area contributed by atoms with Gasteiger partial charge in [0, 0.05) is 10.2 Å². The molecule has 134 valence electrons. The van der Waals surface area contributed by atoms with Crippen molar-refractivity contribution in [2.24, 2.45) is 5.92 Å². The van der Waals surface area contributed by atoms with Crippen LogP contribution in [0.3, 0.4) is 0 Å². The molecule has 0 unspecified atom stereocenters. The number of benzene rings is 2. The van der Waals surface area contributed by atoms with Crippen molar-refractivity contribution < 1.29 is 14.3 Å². The minimum atomic E-state index is -0.211. The Morgan fingerprint density at radius 3 is 2.36 bits per heavy atom. The molecule has 0 saturated heterocycles. The van der Waals surface area contributed by atoms with Crippen LogP contribution >= 0.6 is 15.9 Å². The van der Waals surface area contributed by atoms with Gasteiger partial charge in [-0.05, 0) is 62.2 Å². The fourth-order valence-electron chi connectivity index (χ4n) is 2.15. The van der Waals surface area contributed by atoms with Crippen molar-refractivity contribution >= 4 is 27.5 Å². The number of carbonyl (C=O) groups excluding carboxylic acids is 1. The third-order valence-corrected chi connectivity index (χ3v) is 3.74. The van der Waals surface area contributed by atoms with E-state index in [4.69, 9.17) is 9.47 Å². The Balaban J connectivity index is 2.13. The topological polar surface area (TPSA) is 47.6 Å². The van der Waals surface area contributed by atoms with Crippen molar-refractivity contribution in [1.29, 1.82) is 0 Å². The number of halogens is 1. The zero-order valence-electron chi connectivity index (χ0n) is 15.0. The molecule has 0 aliphatic carbocycles. The lowest BCUT2D eigenvalue weighted by Gasteiger charge is -2.14. The van der Waals surface area contributed by atoms with Crippen molar-refractivity contribution in [2.75, 3.05) is 11.9 Å². The molecule has 0 bridgehead atoms. The van der Waals surface area contributed by atoms with E-state index in [1.54, 1.807) is 12.1 Å². The SMILES string of the molecule is CC(C)COc1ccc(Br)cc1C(=O)Nc1ccc(OC(C)C)cc1. The van der Waals surface area contributed by atoms with Crippen LogP contribution < -0.4 is 14.8 Å². The number of rotatable bonds is 7. The predicted molar refractivity (Wildman–Crippen MR) is 105 cm³/mol. The number of anilines is 1. The summed E-state index contributed by atoms with van der Waals surface area (Å²) in [5.74, 6) is 1.52. The molecule has 0 saturated carbocycles. The molecule has 0 radical (unpaired) electrons. The van der Waals surface area contributed by atoms with Gasteiger partial charge in [0.15, 0.2) is 0 Å². The highest BCUT2D eigenvalue weighted by Gasteiger charge is 2.14. The maximum Gasteiger partial charge on any atom is 0.259 e. The van der Waals surface area contributed by atoms with Gasteiger partial charge in [0.25, 0.3) is 5.91 Å². The Morgan fingerprint density at radius 2 is 1.76 bits per heavy atom. The van der Waals surface area contributed by atoms with Crippen molar-refractivity contribution in [1.82, 2.24) is 0 Å². The van der Waals surface area contributed by atoms with E-state index in [1.807, 2.05) is 44.2 Å². The Hall–Kier alpha value is -2.01. The minimum Gasteiger partial charge on any atom is -0.492 e. The first kappa shape index (κ1) is 19.3. The fourth-order valence-corrected chi connectivity index (χ4v) is 2.51. The van der Waals surface area contributed by atoms with Crippen molar-refractivity contribution in [3.63, 3.8) is 0 Å². The Morgan fingerprint density at radius 1 is 1.08 bits per heavy atom. The predicted octanol–water partition coefficient (Wildman–Crippen LogP) is 5.52.